The van der Waals surface area contributed by atoms with Crippen LogP contribution in [0.25, 0.3) is 0 Å². The number of nitrogen functional groups attached to an aromatic ring is 1. The molecule has 0 unspecified atom stereocenters. The van der Waals surface area contributed by atoms with E-state index in [-0.39, 0.29) is 49.4 Å². The predicted octanol–water partition coefficient (Wildman–Crippen LogP) is 2.20. The molecule has 0 saturated carbocycles. The van der Waals surface area contributed by atoms with E-state index >= 15 is 0 Å². The van der Waals surface area contributed by atoms with Crippen molar-refractivity contribution in [3.8, 4) is 0 Å². The van der Waals surface area contributed by atoms with Crippen LogP contribution in [0.3, 0.4) is 0 Å². The maximum atomic E-state index is 13.7. The highest BCUT2D eigenvalue weighted by molar-refractivity contribution is 5.77. The van der Waals surface area contributed by atoms with Crippen LogP contribution in [0.1, 0.15) is 29.1 Å². The van der Waals surface area contributed by atoms with Gasteiger partial charge in [-0.3, -0.25) is 4.79 Å². The number of nitrogens with two attached hydrogens (primary N) is 2. The summed E-state index contributed by atoms with van der Waals surface area (Å²) in [7, 11) is 0. The Morgan fingerprint density at radius 3 is 2.66 bits per heavy atom. The summed E-state index contributed by atoms with van der Waals surface area (Å²) in [6.45, 7) is 0.0524. The lowest BCUT2D eigenvalue weighted by atomic mass is 10.0. The van der Waals surface area contributed by atoms with Crippen molar-refractivity contribution < 1.29 is 26.7 Å². The van der Waals surface area contributed by atoms with Gasteiger partial charge in [0.2, 0.25) is 11.7 Å². The van der Waals surface area contributed by atoms with Gasteiger partial charge in [0.25, 0.3) is 0 Å². The molecule has 1 aromatic carbocycles. The molecule has 1 amide bonds. The number of rotatable bonds is 4. The number of nitrogens with zero attached hydrogens (tertiary/aromatic N) is 3. The summed E-state index contributed by atoms with van der Waals surface area (Å²) in [5.41, 5.74) is 12.0. The van der Waals surface area contributed by atoms with Crippen molar-refractivity contribution in [2.45, 2.75) is 38.0 Å². The summed E-state index contributed by atoms with van der Waals surface area (Å²) in [5.74, 6) is -3.29. The van der Waals surface area contributed by atoms with Gasteiger partial charge < -0.3 is 16.4 Å². The van der Waals surface area contributed by atoms with Gasteiger partial charge in [0.05, 0.1) is 12.2 Å². The van der Waals surface area contributed by atoms with Crippen LogP contribution in [0.15, 0.2) is 18.2 Å². The van der Waals surface area contributed by atoms with E-state index in [1.165, 1.54) is 4.90 Å². The van der Waals surface area contributed by atoms with Gasteiger partial charge in [-0.25, -0.2) is 18.7 Å². The number of halogens is 5. The van der Waals surface area contributed by atoms with Crippen molar-refractivity contribution in [2.75, 3.05) is 12.3 Å². The minimum absolute atomic E-state index is 0.0363. The molecule has 29 heavy (non-hydrogen) atoms. The van der Waals surface area contributed by atoms with Gasteiger partial charge in [-0.05, 0) is 36.6 Å². The van der Waals surface area contributed by atoms with E-state index in [0.717, 1.165) is 18.2 Å². The van der Waals surface area contributed by atoms with Gasteiger partial charge >= 0.3 is 6.18 Å². The molecule has 3 rings (SSSR count). The summed E-state index contributed by atoms with van der Waals surface area (Å²) in [4.78, 5) is 20.6. The lowest BCUT2D eigenvalue weighted by Crippen LogP contribution is -2.40. The van der Waals surface area contributed by atoms with Crippen LogP contribution in [0, 0.1) is 11.6 Å². The molecule has 1 aromatic heterocycles. The van der Waals surface area contributed by atoms with Crippen molar-refractivity contribution in [1.29, 1.82) is 0 Å². The lowest BCUT2D eigenvalue weighted by molar-refractivity contribution is -0.145. The molecule has 2 aromatic rings. The number of carbonyl (C=O) groups excluding carboxylic acids is 1. The molecule has 156 valence electrons. The molecule has 2 heterocycles. The van der Waals surface area contributed by atoms with E-state index in [2.05, 4.69) is 9.97 Å². The molecule has 0 radical (unpaired) electrons. The number of anilines is 1. The second-order valence-corrected chi connectivity index (χ2v) is 6.82. The Kier molecular flexibility index (Phi) is 5.69. The minimum Gasteiger partial charge on any atom is -0.383 e. The molecule has 0 spiro atoms. The Morgan fingerprint density at radius 1 is 1.24 bits per heavy atom. The maximum Gasteiger partial charge on any atom is 0.451 e. The standard InChI is InChI=1S/C18H18F5N5O/c19-10-1-2-13(20)9(5-10)6-11(24)7-15(29)28-4-3-12-14(8-28)26-17(18(21,22)23)27-16(12)25/h1-2,5,11H,3-4,6-8,24H2,(H2,25,26,27)/t11-/m1/s1. The van der Waals surface area contributed by atoms with Crippen LogP contribution < -0.4 is 11.5 Å². The second kappa shape index (κ2) is 7.90. The fourth-order valence-electron chi connectivity index (χ4n) is 3.21. The predicted molar refractivity (Wildman–Crippen MR) is 93.2 cm³/mol. The van der Waals surface area contributed by atoms with Gasteiger partial charge in [-0.1, -0.05) is 0 Å². The number of aromatic nitrogens is 2. The molecule has 6 nitrogen and oxygen atoms in total. The largest absolute Gasteiger partial charge is 0.451 e. The van der Waals surface area contributed by atoms with E-state index in [1.54, 1.807) is 0 Å². The minimum atomic E-state index is -4.76. The van der Waals surface area contributed by atoms with Gasteiger partial charge in [-0.2, -0.15) is 13.2 Å². The molecule has 4 N–H and O–H groups in total. The molecule has 11 heteroatoms. The molecule has 0 bridgehead atoms. The van der Waals surface area contributed by atoms with Crippen molar-refractivity contribution in [1.82, 2.24) is 14.9 Å². The van der Waals surface area contributed by atoms with E-state index in [0.29, 0.717) is 5.56 Å². The smallest absolute Gasteiger partial charge is 0.383 e. The number of alkyl halides is 3. The zero-order valence-corrected chi connectivity index (χ0v) is 15.1. The van der Waals surface area contributed by atoms with E-state index in [4.69, 9.17) is 11.5 Å². The Bertz CT molecular complexity index is 934. The monoisotopic (exact) mass is 415 g/mol. The highest BCUT2D eigenvalue weighted by Crippen LogP contribution is 2.30. The third kappa shape index (κ3) is 4.78. The molecule has 1 atom stereocenters. The van der Waals surface area contributed by atoms with Gasteiger partial charge in [0.15, 0.2) is 0 Å². The van der Waals surface area contributed by atoms with Crippen LogP contribution in [-0.4, -0.2) is 33.4 Å². The third-order valence-electron chi connectivity index (χ3n) is 4.63. The molecular formula is C18H18F5N5O. The normalized spacial score (nSPS) is 15.2. The van der Waals surface area contributed by atoms with Gasteiger partial charge in [-0.15, -0.1) is 0 Å². The molecular weight excluding hydrogens is 397 g/mol. The summed E-state index contributed by atoms with van der Waals surface area (Å²) < 4.78 is 65.7. The number of amides is 1. The number of fused-ring (bicyclic) bond motifs is 1. The number of benzene rings is 1. The van der Waals surface area contributed by atoms with Crippen LogP contribution in [-0.2, 0) is 30.4 Å². The van der Waals surface area contributed by atoms with Gasteiger partial charge in [0, 0.05) is 24.6 Å². The van der Waals surface area contributed by atoms with Crippen molar-refractivity contribution in [2.24, 2.45) is 5.73 Å². The van der Waals surface area contributed by atoms with E-state index in [1.807, 2.05) is 0 Å². The number of hydrogen-bond acceptors (Lipinski definition) is 5. The molecule has 0 saturated heterocycles. The average Bonchev–Trinajstić information content (AvgIpc) is 2.63. The lowest BCUT2D eigenvalue weighted by Gasteiger charge is -2.30. The Balaban J connectivity index is 1.69. The van der Waals surface area contributed by atoms with Crippen molar-refractivity contribution >= 4 is 11.7 Å². The SMILES string of the molecule is Nc1nc(C(F)(F)F)nc2c1CCN(C(=O)C[C@H](N)Cc1cc(F)ccc1F)C2. The first-order chi connectivity index (χ1) is 13.5. The number of hydrogen-bond donors (Lipinski definition) is 2. The second-order valence-electron chi connectivity index (χ2n) is 6.82. The fraction of sp³-hybridized carbons (Fsp3) is 0.389. The van der Waals surface area contributed by atoms with Crippen LogP contribution in [0.2, 0.25) is 0 Å². The quantitative estimate of drug-likeness (QED) is 0.747. The summed E-state index contributed by atoms with van der Waals surface area (Å²) >= 11 is 0. The highest BCUT2D eigenvalue weighted by atomic mass is 19.4. The van der Waals surface area contributed by atoms with Crippen molar-refractivity contribution in [3.05, 3.63) is 52.5 Å². The first-order valence-corrected chi connectivity index (χ1v) is 8.74. The molecule has 1 aliphatic rings. The summed E-state index contributed by atoms with van der Waals surface area (Å²) in [6.07, 6.45) is -4.79. The first kappa shape index (κ1) is 20.9. The van der Waals surface area contributed by atoms with Gasteiger partial charge in [0.1, 0.15) is 17.5 Å². The zero-order valence-electron chi connectivity index (χ0n) is 15.1. The topological polar surface area (TPSA) is 98.1 Å². The van der Waals surface area contributed by atoms with Crippen LogP contribution >= 0.6 is 0 Å². The molecule has 0 aliphatic carbocycles. The summed E-state index contributed by atoms with van der Waals surface area (Å²) in [5, 5.41) is 0. The van der Waals surface area contributed by atoms with E-state index in [9.17, 15) is 26.7 Å². The fourth-order valence-corrected chi connectivity index (χ4v) is 3.21. The third-order valence-corrected chi connectivity index (χ3v) is 4.63. The Labute approximate surface area is 162 Å². The Hall–Kier alpha value is -2.82. The zero-order chi connectivity index (χ0) is 21.3. The highest BCUT2D eigenvalue weighted by Gasteiger charge is 2.37. The van der Waals surface area contributed by atoms with Crippen LogP contribution in [0.5, 0.6) is 0 Å². The average molecular weight is 415 g/mol. The van der Waals surface area contributed by atoms with Crippen molar-refractivity contribution in [3.63, 3.8) is 0 Å². The Morgan fingerprint density at radius 2 is 1.97 bits per heavy atom. The maximum absolute atomic E-state index is 13.7. The summed E-state index contributed by atoms with van der Waals surface area (Å²) in [6, 6.07) is 2.17. The van der Waals surface area contributed by atoms with Crippen LogP contribution in [0.4, 0.5) is 27.8 Å². The molecule has 1 aliphatic heterocycles. The van der Waals surface area contributed by atoms with E-state index < -0.39 is 35.6 Å². The molecule has 0 fully saturated rings. The first-order valence-electron chi connectivity index (χ1n) is 8.74. The number of carbonyl (C=O) groups is 1.